The number of allylic oxidation sites excluding steroid dienone is 2. The zero-order chi connectivity index (χ0) is 31.3. The standard InChI is InChI=1S/C37H39N5O3S/c1-44-36-21-29(9-12-35(36)45-23-30-24-46-25-38-30)28-8-10-31-33(20-28)39-32-11-7-26(19-34(32)40-37(31)43)13-14-41-15-17-42(18-16-41)22-27-5-3-2-4-6-27/h2-7,9,11-12,19-21,24-25,31H,8,10,13-18,22-23H2,1H3,(H,40,43). The monoisotopic (exact) mass is 633 g/mol. The lowest BCUT2D eigenvalue weighted by Crippen LogP contribution is -2.46. The van der Waals surface area contributed by atoms with E-state index in [0.29, 0.717) is 24.5 Å². The van der Waals surface area contributed by atoms with Crippen molar-refractivity contribution < 1.29 is 14.3 Å². The fraction of sp³-hybridized carbons (Fsp3) is 0.324. The van der Waals surface area contributed by atoms with Crippen LogP contribution in [0.1, 0.15) is 35.2 Å². The van der Waals surface area contributed by atoms with Gasteiger partial charge in [-0.2, -0.15) is 0 Å². The Labute approximate surface area is 274 Å². The number of thiazole rings is 1. The van der Waals surface area contributed by atoms with Crippen LogP contribution >= 0.6 is 11.3 Å². The molecule has 2 aliphatic heterocycles. The van der Waals surface area contributed by atoms with Crippen LogP contribution in [-0.2, 0) is 24.4 Å². The summed E-state index contributed by atoms with van der Waals surface area (Å²) < 4.78 is 11.6. The average molecular weight is 634 g/mol. The summed E-state index contributed by atoms with van der Waals surface area (Å²) in [7, 11) is 1.65. The van der Waals surface area contributed by atoms with E-state index in [1.807, 2.05) is 23.6 Å². The van der Waals surface area contributed by atoms with Crippen LogP contribution in [0.4, 0.5) is 11.4 Å². The second kappa shape index (κ2) is 14.0. The maximum Gasteiger partial charge on any atom is 0.233 e. The van der Waals surface area contributed by atoms with Gasteiger partial charge in [-0.1, -0.05) is 42.5 Å². The second-order valence-electron chi connectivity index (χ2n) is 12.1. The number of methoxy groups -OCH3 is 1. The number of nitrogens with one attached hydrogen (secondary N) is 1. The Morgan fingerprint density at radius 2 is 1.80 bits per heavy atom. The highest BCUT2D eigenvalue weighted by Crippen LogP contribution is 2.38. The van der Waals surface area contributed by atoms with Crippen LogP contribution in [0, 0.1) is 5.92 Å². The summed E-state index contributed by atoms with van der Waals surface area (Å²) in [6, 6.07) is 23.0. The first kappa shape index (κ1) is 30.3. The number of fused-ring (bicyclic) bond motifs is 2. The quantitative estimate of drug-likeness (QED) is 0.212. The van der Waals surface area contributed by atoms with Gasteiger partial charge in [0.15, 0.2) is 11.5 Å². The predicted octanol–water partition coefficient (Wildman–Crippen LogP) is 6.61. The van der Waals surface area contributed by atoms with E-state index in [4.69, 9.17) is 14.5 Å². The molecule has 4 aromatic rings. The van der Waals surface area contributed by atoms with Crippen molar-refractivity contribution in [1.29, 1.82) is 0 Å². The molecular weight excluding hydrogens is 595 g/mol. The Hall–Kier alpha value is -4.31. The van der Waals surface area contributed by atoms with Crippen LogP contribution in [0.2, 0.25) is 0 Å². The molecule has 3 aromatic carbocycles. The number of carbonyl (C=O) groups is 1. The molecule has 0 saturated carbocycles. The summed E-state index contributed by atoms with van der Waals surface area (Å²) in [6.07, 6.45) is 4.51. The molecular formula is C37H39N5O3S. The normalized spacial score (nSPS) is 18.5. The van der Waals surface area contributed by atoms with Crippen molar-refractivity contribution in [2.75, 3.05) is 45.2 Å². The summed E-state index contributed by atoms with van der Waals surface area (Å²) in [5, 5.41) is 5.17. The lowest BCUT2D eigenvalue weighted by molar-refractivity contribution is -0.118. The fourth-order valence-electron chi connectivity index (χ4n) is 6.44. The van der Waals surface area contributed by atoms with E-state index in [-0.39, 0.29) is 11.8 Å². The first-order valence-electron chi connectivity index (χ1n) is 16.0. The van der Waals surface area contributed by atoms with Crippen molar-refractivity contribution in [2.24, 2.45) is 10.9 Å². The number of hydrogen-bond donors (Lipinski definition) is 1. The third kappa shape index (κ3) is 7.07. The number of hydrogen-bond acceptors (Lipinski definition) is 8. The maximum absolute atomic E-state index is 13.4. The molecule has 1 atom stereocenters. The summed E-state index contributed by atoms with van der Waals surface area (Å²) in [6.45, 7) is 6.74. The number of ether oxygens (including phenoxy) is 2. The van der Waals surface area contributed by atoms with Crippen LogP contribution < -0.4 is 14.8 Å². The van der Waals surface area contributed by atoms with E-state index >= 15 is 0 Å². The summed E-state index contributed by atoms with van der Waals surface area (Å²) in [5.41, 5.74) is 9.88. The molecule has 1 saturated heterocycles. The van der Waals surface area contributed by atoms with E-state index in [2.05, 4.69) is 74.7 Å². The summed E-state index contributed by atoms with van der Waals surface area (Å²) in [5.74, 6) is 1.09. The fourth-order valence-corrected chi connectivity index (χ4v) is 6.99. The van der Waals surface area contributed by atoms with Gasteiger partial charge in [0.2, 0.25) is 5.91 Å². The Morgan fingerprint density at radius 3 is 2.61 bits per heavy atom. The van der Waals surface area contributed by atoms with E-state index in [9.17, 15) is 4.79 Å². The third-order valence-electron chi connectivity index (χ3n) is 9.09. The SMILES string of the molecule is COc1cc(C2=CC3=Nc4ccc(CCN5CCN(Cc6ccccc6)CC5)cc4NC(=O)C3CC2)ccc1OCc1cscn1. The zero-order valence-electron chi connectivity index (χ0n) is 26.2. The number of piperazine rings is 1. The van der Waals surface area contributed by atoms with Gasteiger partial charge in [0.25, 0.3) is 0 Å². The van der Waals surface area contributed by atoms with Gasteiger partial charge in [0, 0.05) is 44.6 Å². The molecule has 1 aliphatic carbocycles. The molecule has 0 radical (unpaired) electrons. The highest BCUT2D eigenvalue weighted by molar-refractivity contribution is 7.07. The lowest BCUT2D eigenvalue weighted by Gasteiger charge is -2.34. The molecule has 1 unspecified atom stereocenters. The van der Waals surface area contributed by atoms with Gasteiger partial charge in [-0.25, -0.2) is 4.98 Å². The first-order valence-corrected chi connectivity index (χ1v) is 17.0. The van der Waals surface area contributed by atoms with Crippen LogP contribution in [-0.4, -0.2) is 66.2 Å². The molecule has 1 aromatic heterocycles. The molecule has 0 bridgehead atoms. The number of nitrogens with zero attached hydrogens (tertiary/aromatic N) is 4. The number of anilines is 1. The molecule has 8 nitrogen and oxygen atoms in total. The van der Waals surface area contributed by atoms with Crippen molar-refractivity contribution in [1.82, 2.24) is 14.8 Å². The van der Waals surface area contributed by atoms with Gasteiger partial charge >= 0.3 is 0 Å². The maximum atomic E-state index is 13.4. The van der Waals surface area contributed by atoms with Gasteiger partial charge in [0.1, 0.15) is 6.61 Å². The number of carbonyl (C=O) groups excluding carboxylic acids is 1. The molecule has 7 rings (SSSR count). The van der Waals surface area contributed by atoms with E-state index < -0.39 is 0 Å². The molecule has 0 spiro atoms. The van der Waals surface area contributed by atoms with Crippen LogP contribution in [0.3, 0.4) is 0 Å². The topological polar surface area (TPSA) is 79.3 Å². The van der Waals surface area contributed by atoms with Crippen molar-refractivity contribution in [3.8, 4) is 11.5 Å². The minimum Gasteiger partial charge on any atom is -0.493 e. The number of amides is 1. The Bertz CT molecular complexity index is 1730. The number of benzene rings is 3. The zero-order valence-corrected chi connectivity index (χ0v) is 27.0. The average Bonchev–Trinajstić information content (AvgIpc) is 3.57. The highest BCUT2D eigenvalue weighted by atomic mass is 32.1. The summed E-state index contributed by atoms with van der Waals surface area (Å²) >= 11 is 1.55. The Morgan fingerprint density at radius 1 is 0.957 bits per heavy atom. The van der Waals surface area contributed by atoms with Gasteiger partial charge in [-0.05, 0) is 71.9 Å². The number of rotatable bonds is 10. The molecule has 3 heterocycles. The third-order valence-corrected chi connectivity index (χ3v) is 9.73. The largest absolute Gasteiger partial charge is 0.493 e. The molecule has 236 valence electrons. The van der Waals surface area contributed by atoms with E-state index in [1.165, 1.54) is 11.1 Å². The Kier molecular flexibility index (Phi) is 9.23. The minimum atomic E-state index is -0.269. The predicted molar refractivity (Wildman–Crippen MR) is 184 cm³/mol. The smallest absolute Gasteiger partial charge is 0.233 e. The molecule has 9 heteroatoms. The summed E-state index contributed by atoms with van der Waals surface area (Å²) in [4.78, 5) is 27.8. The molecule has 1 N–H and O–H groups in total. The van der Waals surface area contributed by atoms with Gasteiger partial charge in [-0.15, -0.1) is 11.3 Å². The van der Waals surface area contributed by atoms with Crippen LogP contribution in [0.25, 0.3) is 5.57 Å². The van der Waals surface area contributed by atoms with Gasteiger partial charge < -0.3 is 19.7 Å². The molecule has 3 aliphatic rings. The molecule has 1 fully saturated rings. The molecule has 46 heavy (non-hydrogen) atoms. The minimum absolute atomic E-state index is 0.0165. The van der Waals surface area contributed by atoms with Gasteiger partial charge in [-0.3, -0.25) is 14.7 Å². The van der Waals surface area contributed by atoms with E-state index in [0.717, 1.165) is 86.0 Å². The van der Waals surface area contributed by atoms with Crippen LogP contribution in [0.5, 0.6) is 11.5 Å². The van der Waals surface area contributed by atoms with Crippen molar-refractivity contribution in [2.45, 2.75) is 32.4 Å². The highest BCUT2D eigenvalue weighted by Gasteiger charge is 2.31. The van der Waals surface area contributed by atoms with Crippen molar-refractivity contribution >= 4 is 39.9 Å². The van der Waals surface area contributed by atoms with E-state index in [1.54, 1.807) is 24.0 Å². The lowest BCUT2D eigenvalue weighted by atomic mass is 9.84. The van der Waals surface area contributed by atoms with Gasteiger partial charge in [0.05, 0.1) is 41.3 Å². The second-order valence-corrected chi connectivity index (χ2v) is 12.8. The Balaban J connectivity index is 1.00. The van der Waals surface area contributed by atoms with Crippen molar-refractivity contribution in [3.63, 3.8) is 0 Å². The number of aromatic nitrogens is 1. The van der Waals surface area contributed by atoms with Crippen molar-refractivity contribution in [3.05, 3.63) is 106 Å². The first-order chi connectivity index (χ1) is 22.6. The number of aliphatic imine (C=N–C) groups is 1. The van der Waals surface area contributed by atoms with Crippen LogP contribution in [0.15, 0.2) is 88.7 Å². The molecule has 1 amide bonds.